The molecule has 0 amide bonds. The van der Waals surface area contributed by atoms with Crippen LogP contribution in [0, 0.1) is 6.92 Å². The van der Waals surface area contributed by atoms with Crippen molar-refractivity contribution in [2.45, 2.75) is 41.5 Å². The van der Waals surface area contributed by atoms with Gasteiger partial charge >= 0.3 is 88.7 Å². The Morgan fingerprint density at radius 1 is 0.659 bits per heavy atom. The number of anilines is 3. The number of fused-ring (bicyclic) bond motifs is 2. The van der Waals surface area contributed by atoms with Gasteiger partial charge in [0.1, 0.15) is 36.1 Å². The maximum Gasteiger partial charge on any atom is 1.00 e. The summed E-state index contributed by atoms with van der Waals surface area (Å²) in [7, 11) is -15.9. The van der Waals surface area contributed by atoms with Gasteiger partial charge in [-0.25, -0.2) is 25.3 Å². The summed E-state index contributed by atoms with van der Waals surface area (Å²) in [6, 6.07) is 5.10. The predicted molar refractivity (Wildman–Crippen MR) is 139 cm³/mol. The Hall–Kier alpha value is -0.870. The van der Waals surface area contributed by atoms with Crippen molar-refractivity contribution in [2.24, 2.45) is 0 Å². The molecule has 0 aliphatic heterocycles. The Morgan fingerprint density at radius 2 is 1.16 bits per heavy atom. The van der Waals surface area contributed by atoms with Crippen LogP contribution in [0.25, 0.3) is 0 Å². The number of phenolic OH excluding ortho intramolecular Hbond substituents is 1. The third kappa shape index (κ3) is 7.98. The first-order valence-corrected chi connectivity index (χ1v) is 15.6. The van der Waals surface area contributed by atoms with E-state index in [2.05, 4.69) is 10.6 Å². The van der Waals surface area contributed by atoms with Crippen molar-refractivity contribution < 1.29 is 142 Å². The van der Waals surface area contributed by atoms with E-state index in [0.717, 1.165) is 19.1 Å². The molecule has 0 heterocycles. The van der Waals surface area contributed by atoms with Crippen molar-refractivity contribution >= 4 is 59.0 Å². The summed E-state index contributed by atoms with van der Waals surface area (Å²) in [5, 5.41) is 16.1. The first-order chi connectivity index (χ1) is 18.7. The number of aromatic hydroxyl groups is 1. The number of ketones is 2. The summed E-state index contributed by atoms with van der Waals surface area (Å²) in [6.07, 6.45) is 0. The average molecular weight is 693 g/mol. The van der Waals surface area contributed by atoms with Crippen LogP contribution in [-0.4, -0.2) is 61.6 Å². The molecule has 0 saturated heterocycles. The van der Waals surface area contributed by atoms with Gasteiger partial charge in [-0.1, -0.05) is 0 Å². The van der Waals surface area contributed by atoms with Gasteiger partial charge in [0.05, 0.1) is 42.8 Å². The average Bonchev–Trinajstić information content (AvgIpc) is 2.80. The monoisotopic (exact) mass is 692 g/mol. The molecular weight excluding hydrogens is 673 g/mol. The maximum absolute atomic E-state index is 13.8. The van der Waals surface area contributed by atoms with E-state index in [0.29, 0.717) is 12.1 Å². The Labute approximate surface area is 319 Å². The second-order valence-electron chi connectivity index (χ2n) is 9.30. The molecule has 4 rings (SSSR count). The number of phenols is 1. The van der Waals surface area contributed by atoms with Crippen LogP contribution < -0.4 is 99.3 Å². The van der Waals surface area contributed by atoms with E-state index < -0.39 is 84.7 Å². The van der Waals surface area contributed by atoms with Crippen LogP contribution in [0.1, 0.15) is 51.3 Å². The summed E-state index contributed by atoms with van der Waals surface area (Å²) in [6.45, 7) is 4.59. The number of nitrogens with one attached hydrogen (secondary N) is 2. The van der Waals surface area contributed by atoms with Crippen molar-refractivity contribution in [3.8, 4) is 5.75 Å². The minimum Gasteiger partial charge on any atom is -0.744 e. The molecule has 1 aliphatic rings. The van der Waals surface area contributed by atoms with Crippen LogP contribution in [0.15, 0.2) is 51.1 Å². The van der Waals surface area contributed by atoms with Crippen LogP contribution in [0.3, 0.4) is 0 Å². The molecule has 0 fully saturated rings. The number of rotatable bonds is 7. The van der Waals surface area contributed by atoms with E-state index in [-0.39, 0.29) is 117 Å². The van der Waals surface area contributed by atoms with Crippen LogP contribution in [-0.2, 0) is 30.4 Å². The molecule has 0 atom stereocenters. The Morgan fingerprint density at radius 3 is 1.66 bits per heavy atom. The molecule has 3 N–H and O–H groups in total. The molecule has 1 aliphatic carbocycles. The molecule has 0 aromatic heterocycles. The molecule has 14 nitrogen and oxygen atoms in total. The number of aryl methyl sites for hydroxylation is 1. The fourth-order valence-corrected chi connectivity index (χ4v) is 6.46. The van der Waals surface area contributed by atoms with Crippen molar-refractivity contribution in [1.82, 2.24) is 0 Å². The zero-order chi connectivity index (χ0) is 30.8. The third-order valence-corrected chi connectivity index (χ3v) is 8.79. The smallest absolute Gasteiger partial charge is 0.744 e. The van der Waals surface area contributed by atoms with Crippen LogP contribution >= 0.6 is 0 Å². The van der Waals surface area contributed by atoms with Gasteiger partial charge in [0.2, 0.25) is 0 Å². The minimum absolute atomic E-state index is 0. The number of carbonyl (C=O) groups is 2. The molecule has 20 heteroatoms. The topological polar surface area (TPSA) is 250 Å². The van der Waals surface area contributed by atoms with E-state index in [1.54, 1.807) is 13.8 Å². The zero-order valence-corrected chi connectivity index (χ0v) is 32.7. The van der Waals surface area contributed by atoms with Gasteiger partial charge in [-0.2, -0.15) is 0 Å². The van der Waals surface area contributed by atoms with Crippen LogP contribution in [0.5, 0.6) is 5.75 Å². The predicted octanol–water partition coefficient (Wildman–Crippen LogP) is -7.24. The first-order valence-electron chi connectivity index (χ1n) is 11.4. The summed E-state index contributed by atoms with van der Waals surface area (Å²) in [5.74, 6) is -3.26. The summed E-state index contributed by atoms with van der Waals surface area (Å²) in [5.41, 5.74) is -2.96. The van der Waals surface area contributed by atoms with Crippen LogP contribution in [0.4, 0.5) is 17.1 Å². The molecular formula is C24H19N2Na3O12S3. The standard InChI is InChI=1S/C24H22N2O12S3.3Na/c1-10(2)25-13-5-6-14(26-15-8-11(3)17(40(33,34)35)9-18(15)41(36,37)38)21-20(13)22(27)12-4-7-16(39(30,31)32)23(28)19(12)24(21)29;;;/h4-10,25-26,28H,1-3H3,(H,30,31,32)(H,33,34,35)(H,36,37,38);;;/q;3*+1/p-3. The van der Waals surface area contributed by atoms with E-state index in [1.807, 2.05) is 0 Å². The molecule has 0 saturated carbocycles. The van der Waals surface area contributed by atoms with Gasteiger partial charge in [0, 0.05) is 17.3 Å². The van der Waals surface area contributed by atoms with E-state index in [4.69, 9.17) is 0 Å². The first kappa shape index (κ1) is 41.2. The van der Waals surface area contributed by atoms with Gasteiger partial charge < -0.3 is 29.4 Å². The summed E-state index contributed by atoms with van der Waals surface area (Å²) in [4.78, 5) is 24.1. The molecule has 44 heavy (non-hydrogen) atoms. The molecule has 3 aromatic carbocycles. The Bertz CT molecular complexity index is 2020. The molecule has 3 aromatic rings. The van der Waals surface area contributed by atoms with Gasteiger partial charge in [-0.15, -0.1) is 0 Å². The molecule has 0 unspecified atom stereocenters. The second-order valence-corrected chi connectivity index (χ2v) is 13.3. The molecule has 0 spiro atoms. The Balaban J connectivity index is 0.00000323. The van der Waals surface area contributed by atoms with Gasteiger partial charge in [-0.3, -0.25) is 9.59 Å². The van der Waals surface area contributed by atoms with Crippen molar-refractivity contribution in [2.75, 3.05) is 10.6 Å². The quantitative estimate of drug-likeness (QED) is 0.120. The summed E-state index contributed by atoms with van der Waals surface area (Å²) >= 11 is 0. The van der Waals surface area contributed by atoms with E-state index in [9.17, 15) is 53.6 Å². The number of benzene rings is 3. The van der Waals surface area contributed by atoms with Gasteiger partial charge in [0.25, 0.3) is 0 Å². The zero-order valence-electron chi connectivity index (χ0n) is 24.2. The SMILES string of the molecule is Cc1cc(Nc2ccc(NC(C)C)c3c2C(=O)c2c(ccc(S(=O)(=O)[O-])c2O)C3=O)c(S(=O)(=O)[O-])cc1S(=O)(=O)[O-].[Na+].[Na+].[Na+]. The normalized spacial score (nSPS) is 12.7. The summed E-state index contributed by atoms with van der Waals surface area (Å²) < 4.78 is 106. The van der Waals surface area contributed by atoms with Crippen LogP contribution in [0.2, 0.25) is 0 Å². The molecule has 0 radical (unpaired) electrons. The maximum atomic E-state index is 13.8. The fraction of sp³-hybridized carbons (Fsp3) is 0.167. The van der Waals surface area contributed by atoms with Gasteiger partial charge in [-0.05, 0) is 62.7 Å². The number of hydrogen-bond donors (Lipinski definition) is 3. The number of carbonyl (C=O) groups excluding carboxylic acids is 2. The third-order valence-electron chi connectivity index (χ3n) is 6.07. The molecule has 0 bridgehead atoms. The molecule has 218 valence electrons. The largest absolute Gasteiger partial charge is 1.00 e. The van der Waals surface area contributed by atoms with Crippen molar-refractivity contribution in [3.05, 3.63) is 64.2 Å². The van der Waals surface area contributed by atoms with Crippen molar-refractivity contribution in [1.29, 1.82) is 0 Å². The Kier molecular flexibility index (Phi) is 13.6. The fourth-order valence-electron chi connectivity index (χ4n) is 4.45. The van der Waals surface area contributed by atoms with E-state index in [1.165, 1.54) is 12.1 Å². The van der Waals surface area contributed by atoms with Gasteiger partial charge in [0.15, 0.2) is 11.6 Å². The minimum atomic E-state index is -5.42. The second kappa shape index (κ2) is 14.5. The number of hydrogen-bond acceptors (Lipinski definition) is 14. The van der Waals surface area contributed by atoms with Crippen molar-refractivity contribution in [3.63, 3.8) is 0 Å². The van der Waals surface area contributed by atoms with E-state index >= 15 is 0 Å².